The molecule has 2 rings (SSSR count). The van der Waals surface area contributed by atoms with Crippen LogP contribution in [0.25, 0.3) is 10.9 Å². The summed E-state index contributed by atoms with van der Waals surface area (Å²) >= 11 is 3.02. The summed E-state index contributed by atoms with van der Waals surface area (Å²) in [5, 5.41) is 3.09. The predicted molar refractivity (Wildman–Crippen MR) is 77.9 cm³/mol. The van der Waals surface area contributed by atoms with Gasteiger partial charge in [0, 0.05) is 16.6 Å². The average Bonchev–Trinajstić information content (AvgIpc) is 2.65. The Bertz CT molecular complexity index is 701. The molecule has 0 spiro atoms. The second-order valence-corrected chi connectivity index (χ2v) is 6.56. The number of hydrogen-bond donors (Lipinski definition) is 2. The molecule has 3 nitrogen and oxygen atoms in total. The Morgan fingerprint density at radius 2 is 1.90 bits per heavy atom. The largest absolute Gasteiger partial charge is 0.358 e. The number of amides is 1. The lowest BCUT2D eigenvalue weighted by Crippen LogP contribution is -2.41. The molecular formula is C14H15BrF2N2O. The van der Waals surface area contributed by atoms with Gasteiger partial charge in [-0.25, -0.2) is 8.78 Å². The number of aryl methyl sites for hydroxylation is 1. The van der Waals surface area contributed by atoms with E-state index in [1.807, 2.05) is 0 Å². The Hall–Kier alpha value is -1.43. The minimum Gasteiger partial charge on any atom is -0.358 e. The molecule has 1 amide bonds. The van der Waals surface area contributed by atoms with Crippen LogP contribution in [0.15, 0.2) is 10.5 Å². The first-order chi connectivity index (χ1) is 9.11. The third kappa shape index (κ3) is 2.57. The van der Waals surface area contributed by atoms with Gasteiger partial charge in [-0.15, -0.1) is 0 Å². The second kappa shape index (κ2) is 4.84. The first-order valence-electron chi connectivity index (χ1n) is 6.10. The molecule has 20 heavy (non-hydrogen) atoms. The summed E-state index contributed by atoms with van der Waals surface area (Å²) in [6.07, 6.45) is 0. The molecule has 0 aliphatic carbocycles. The van der Waals surface area contributed by atoms with Crippen LogP contribution in [0.1, 0.15) is 36.8 Å². The molecule has 1 heterocycles. The molecule has 0 unspecified atom stereocenters. The summed E-state index contributed by atoms with van der Waals surface area (Å²) in [4.78, 5) is 15.1. The van der Waals surface area contributed by atoms with E-state index in [4.69, 9.17) is 0 Å². The Labute approximate surface area is 123 Å². The molecule has 0 radical (unpaired) electrons. The zero-order valence-corrected chi connectivity index (χ0v) is 13.2. The Kier molecular flexibility index (Phi) is 3.62. The van der Waals surface area contributed by atoms with E-state index >= 15 is 0 Å². The van der Waals surface area contributed by atoms with Crippen LogP contribution >= 0.6 is 15.9 Å². The van der Waals surface area contributed by atoms with Crippen LogP contribution in [0.5, 0.6) is 0 Å². The van der Waals surface area contributed by atoms with Gasteiger partial charge in [-0.3, -0.25) is 4.79 Å². The number of rotatable bonds is 1. The molecule has 1 aromatic heterocycles. The summed E-state index contributed by atoms with van der Waals surface area (Å²) < 4.78 is 28.1. The topological polar surface area (TPSA) is 44.9 Å². The quantitative estimate of drug-likeness (QED) is 0.753. The van der Waals surface area contributed by atoms with Crippen molar-refractivity contribution >= 4 is 32.7 Å². The first-order valence-corrected chi connectivity index (χ1v) is 6.89. The SMILES string of the molecule is Cc1cc2c(Br)c(F)c(F)c(C(=O)NC(C)(C)C)c2[nH]1. The summed E-state index contributed by atoms with van der Waals surface area (Å²) in [6, 6.07) is 1.66. The van der Waals surface area contributed by atoms with E-state index in [0.29, 0.717) is 5.39 Å². The number of H-pyrrole nitrogens is 1. The number of carbonyl (C=O) groups excluding carboxylic acids is 1. The van der Waals surface area contributed by atoms with E-state index in [2.05, 4.69) is 26.2 Å². The predicted octanol–water partition coefficient (Wildman–Crippen LogP) is 4.05. The highest BCUT2D eigenvalue weighted by molar-refractivity contribution is 9.10. The van der Waals surface area contributed by atoms with Crippen LogP contribution in [-0.2, 0) is 0 Å². The summed E-state index contributed by atoms with van der Waals surface area (Å²) in [5.74, 6) is -2.86. The molecule has 0 aliphatic heterocycles. The normalized spacial score (nSPS) is 11.9. The van der Waals surface area contributed by atoms with Crippen molar-refractivity contribution in [2.45, 2.75) is 33.2 Å². The second-order valence-electron chi connectivity index (χ2n) is 5.76. The highest BCUT2D eigenvalue weighted by Gasteiger charge is 2.26. The molecule has 2 N–H and O–H groups in total. The van der Waals surface area contributed by atoms with Gasteiger partial charge < -0.3 is 10.3 Å². The molecule has 0 fully saturated rings. The lowest BCUT2D eigenvalue weighted by molar-refractivity contribution is 0.0916. The molecule has 6 heteroatoms. The summed E-state index contributed by atoms with van der Waals surface area (Å²) in [7, 11) is 0. The van der Waals surface area contributed by atoms with Crippen LogP contribution in [0.2, 0.25) is 0 Å². The van der Waals surface area contributed by atoms with Gasteiger partial charge in [0.05, 0.1) is 9.99 Å². The number of carbonyl (C=O) groups is 1. The Balaban J connectivity index is 2.72. The lowest BCUT2D eigenvalue weighted by Gasteiger charge is -2.21. The number of hydrogen-bond acceptors (Lipinski definition) is 1. The molecular weight excluding hydrogens is 330 g/mol. The maximum absolute atomic E-state index is 14.1. The van der Waals surface area contributed by atoms with E-state index in [1.54, 1.807) is 33.8 Å². The smallest absolute Gasteiger partial charge is 0.256 e. The van der Waals surface area contributed by atoms with Crippen molar-refractivity contribution in [1.82, 2.24) is 10.3 Å². The van der Waals surface area contributed by atoms with Crippen molar-refractivity contribution in [1.29, 1.82) is 0 Å². The minimum atomic E-state index is -1.16. The lowest BCUT2D eigenvalue weighted by atomic mass is 10.1. The number of halogens is 3. The number of fused-ring (bicyclic) bond motifs is 1. The molecule has 0 aliphatic rings. The fourth-order valence-corrected chi connectivity index (χ4v) is 2.50. The van der Waals surface area contributed by atoms with Crippen LogP contribution < -0.4 is 5.32 Å². The van der Waals surface area contributed by atoms with E-state index < -0.39 is 23.1 Å². The maximum atomic E-state index is 14.1. The molecule has 0 bridgehead atoms. The van der Waals surface area contributed by atoms with Gasteiger partial charge in [0.15, 0.2) is 11.6 Å². The van der Waals surface area contributed by atoms with Crippen LogP contribution in [0, 0.1) is 18.6 Å². The van der Waals surface area contributed by atoms with Gasteiger partial charge in [0.25, 0.3) is 5.91 Å². The van der Waals surface area contributed by atoms with Gasteiger partial charge in [0.2, 0.25) is 0 Å². The van der Waals surface area contributed by atoms with Crippen molar-refractivity contribution in [3.63, 3.8) is 0 Å². The van der Waals surface area contributed by atoms with E-state index in [1.165, 1.54) is 0 Å². The van der Waals surface area contributed by atoms with Crippen molar-refractivity contribution < 1.29 is 13.6 Å². The minimum absolute atomic E-state index is 0.0154. The van der Waals surface area contributed by atoms with Crippen LogP contribution in [0.3, 0.4) is 0 Å². The van der Waals surface area contributed by atoms with Gasteiger partial charge in [0.1, 0.15) is 5.56 Å². The fourth-order valence-electron chi connectivity index (χ4n) is 2.01. The molecule has 108 valence electrons. The third-order valence-corrected chi connectivity index (χ3v) is 3.53. The van der Waals surface area contributed by atoms with Crippen molar-refractivity contribution in [3.05, 3.63) is 33.4 Å². The number of aromatic nitrogens is 1. The molecule has 2 aromatic rings. The molecule has 0 saturated carbocycles. The fraction of sp³-hybridized carbons (Fsp3) is 0.357. The van der Waals surface area contributed by atoms with Gasteiger partial charge in [-0.05, 0) is 49.7 Å². The van der Waals surface area contributed by atoms with E-state index in [0.717, 1.165) is 5.69 Å². The van der Waals surface area contributed by atoms with E-state index in [-0.39, 0.29) is 15.6 Å². The highest BCUT2D eigenvalue weighted by atomic mass is 79.9. The molecule has 0 saturated heterocycles. The summed E-state index contributed by atoms with van der Waals surface area (Å²) in [5.41, 5.74) is 0.162. The van der Waals surface area contributed by atoms with Crippen LogP contribution in [-0.4, -0.2) is 16.4 Å². The van der Waals surface area contributed by atoms with Crippen molar-refractivity contribution in [3.8, 4) is 0 Å². The average molecular weight is 345 g/mol. The number of benzene rings is 1. The van der Waals surface area contributed by atoms with Crippen LogP contribution in [0.4, 0.5) is 8.78 Å². The highest BCUT2D eigenvalue weighted by Crippen LogP contribution is 2.33. The van der Waals surface area contributed by atoms with E-state index in [9.17, 15) is 13.6 Å². The van der Waals surface area contributed by atoms with Crippen molar-refractivity contribution in [2.75, 3.05) is 0 Å². The Morgan fingerprint density at radius 3 is 2.45 bits per heavy atom. The number of aromatic amines is 1. The number of nitrogens with one attached hydrogen (secondary N) is 2. The molecule has 0 atom stereocenters. The van der Waals surface area contributed by atoms with Gasteiger partial charge >= 0.3 is 0 Å². The van der Waals surface area contributed by atoms with Gasteiger partial charge in [-0.2, -0.15) is 0 Å². The van der Waals surface area contributed by atoms with Crippen molar-refractivity contribution in [2.24, 2.45) is 0 Å². The maximum Gasteiger partial charge on any atom is 0.256 e. The monoisotopic (exact) mass is 344 g/mol. The Morgan fingerprint density at radius 1 is 1.30 bits per heavy atom. The first kappa shape index (κ1) is 15.0. The van der Waals surface area contributed by atoms with Gasteiger partial charge in [-0.1, -0.05) is 0 Å². The third-order valence-electron chi connectivity index (χ3n) is 2.76. The summed E-state index contributed by atoms with van der Waals surface area (Å²) in [6.45, 7) is 7.08. The zero-order valence-electron chi connectivity index (χ0n) is 11.6. The standard InChI is InChI=1S/C14H15BrF2N2O/c1-6-5-7-9(15)11(17)10(16)8(12(7)18-6)13(20)19-14(2,3)4/h5,18H,1-4H3,(H,19,20). The molecule has 1 aromatic carbocycles. The zero-order chi connectivity index (χ0) is 15.2.